The summed E-state index contributed by atoms with van der Waals surface area (Å²) in [6.07, 6.45) is 9.15. The van der Waals surface area contributed by atoms with Crippen molar-refractivity contribution in [3.63, 3.8) is 0 Å². The number of benzene rings is 1. The monoisotopic (exact) mass is 460 g/mol. The molecule has 0 unspecified atom stereocenters. The molecule has 0 spiro atoms. The van der Waals surface area contributed by atoms with Crippen LogP contribution in [0.2, 0.25) is 0 Å². The maximum absolute atomic E-state index is 11.8. The van der Waals surface area contributed by atoms with E-state index >= 15 is 0 Å². The molecular formula is C28H48N2OS. The lowest BCUT2D eigenvalue weighted by atomic mass is 10.1. The quantitative estimate of drug-likeness (QED) is 0.327. The number of rotatable bonds is 7. The normalized spacial score (nSPS) is 12.3. The van der Waals surface area contributed by atoms with E-state index in [1.807, 2.05) is 77.9 Å². The molecular weight excluding hydrogens is 412 g/mol. The second-order valence-corrected chi connectivity index (χ2v) is 8.48. The van der Waals surface area contributed by atoms with Crippen LogP contribution in [0.3, 0.4) is 0 Å². The van der Waals surface area contributed by atoms with Crippen molar-refractivity contribution in [2.45, 2.75) is 79.6 Å². The minimum atomic E-state index is -0.0330. The zero-order chi connectivity index (χ0) is 24.9. The summed E-state index contributed by atoms with van der Waals surface area (Å²) >= 11 is 1.53. The second-order valence-electron chi connectivity index (χ2n) is 7.31. The van der Waals surface area contributed by atoms with E-state index in [2.05, 4.69) is 25.1 Å². The molecule has 2 rings (SSSR count). The molecule has 0 aliphatic heterocycles. The van der Waals surface area contributed by atoms with Crippen molar-refractivity contribution in [1.29, 1.82) is 0 Å². The van der Waals surface area contributed by atoms with E-state index in [1.165, 1.54) is 55.9 Å². The van der Waals surface area contributed by atoms with Gasteiger partial charge in [0.2, 0.25) is 0 Å². The predicted octanol–water partition coefficient (Wildman–Crippen LogP) is 8.51. The predicted molar refractivity (Wildman–Crippen MR) is 148 cm³/mol. The molecule has 3 nitrogen and oxygen atoms in total. The van der Waals surface area contributed by atoms with Gasteiger partial charge in [-0.2, -0.15) is 0 Å². The molecule has 32 heavy (non-hydrogen) atoms. The topological polar surface area (TPSA) is 32.3 Å². The smallest absolute Gasteiger partial charge is 0.251 e. The van der Waals surface area contributed by atoms with E-state index in [1.54, 1.807) is 0 Å². The molecule has 1 aromatic carbocycles. The minimum absolute atomic E-state index is 0.0330. The van der Waals surface area contributed by atoms with Gasteiger partial charge in [0.25, 0.3) is 5.91 Å². The molecule has 0 aromatic heterocycles. The first-order valence-electron chi connectivity index (χ1n) is 12.1. The van der Waals surface area contributed by atoms with Crippen molar-refractivity contribution < 1.29 is 4.79 Å². The maximum Gasteiger partial charge on any atom is 0.251 e. The molecule has 1 aliphatic rings. The summed E-state index contributed by atoms with van der Waals surface area (Å²) in [6.45, 7) is 22.7. The molecule has 0 saturated heterocycles. The van der Waals surface area contributed by atoms with E-state index in [-0.39, 0.29) is 5.91 Å². The molecule has 1 fully saturated rings. The van der Waals surface area contributed by atoms with Crippen LogP contribution in [0.5, 0.6) is 0 Å². The Balaban J connectivity index is 0. The average molecular weight is 461 g/mol. The fourth-order valence-electron chi connectivity index (χ4n) is 2.67. The highest BCUT2D eigenvalue weighted by Gasteiger charge is 2.07. The molecule has 4 heteroatoms. The van der Waals surface area contributed by atoms with E-state index in [0.717, 1.165) is 21.9 Å². The zero-order valence-electron chi connectivity index (χ0n) is 21.9. The highest BCUT2D eigenvalue weighted by atomic mass is 32.2. The summed E-state index contributed by atoms with van der Waals surface area (Å²) in [7, 11) is 3.90. The fraction of sp³-hybridized carbons (Fsp3) is 0.536. The van der Waals surface area contributed by atoms with Gasteiger partial charge in [0, 0.05) is 31.1 Å². The number of nitrogens with zero attached hydrogens (tertiary/aromatic N) is 1. The van der Waals surface area contributed by atoms with Crippen LogP contribution in [0.1, 0.15) is 95.5 Å². The Morgan fingerprint density at radius 1 is 0.938 bits per heavy atom. The van der Waals surface area contributed by atoms with Crippen molar-refractivity contribution in [1.82, 2.24) is 10.2 Å². The van der Waals surface area contributed by atoms with Crippen LogP contribution in [0.4, 0.5) is 0 Å². The first-order valence-corrected chi connectivity index (χ1v) is 12.9. The fourth-order valence-corrected chi connectivity index (χ4v) is 3.39. The van der Waals surface area contributed by atoms with Crippen LogP contribution >= 0.6 is 11.8 Å². The zero-order valence-corrected chi connectivity index (χ0v) is 22.7. The first kappa shape index (κ1) is 32.2. The summed E-state index contributed by atoms with van der Waals surface area (Å²) < 4.78 is 0. The van der Waals surface area contributed by atoms with Gasteiger partial charge in [0.15, 0.2) is 0 Å². The molecule has 182 valence electrons. The van der Waals surface area contributed by atoms with Crippen molar-refractivity contribution in [2.24, 2.45) is 0 Å². The van der Waals surface area contributed by atoms with Crippen LogP contribution in [-0.4, -0.2) is 31.4 Å². The summed E-state index contributed by atoms with van der Waals surface area (Å²) in [5.41, 5.74) is 3.15. The maximum atomic E-state index is 11.8. The Hall–Kier alpha value is -1.94. The number of hydrogen-bond acceptors (Lipinski definition) is 3. The number of thioether (sulfide) groups is 1. The van der Waals surface area contributed by atoms with Gasteiger partial charge in [-0.05, 0) is 49.8 Å². The number of allylic oxidation sites excluding steroid dienone is 1. The highest BCUT2D eigenvalue weighted by molar-refractivity contribution is 8.11. The van der Waals surface area contributed by atoms with Crippen LogP contribution in [0.15, 0.2) is 54.6 Å². The molecule has 0 bridgehead atoms. The van der Waals surface area contributed by atoms with Crippen LogP contribution < -0.4 is 5.32 Å². The van der Waals surface area contributed by atoms with Gasteiger partial charge in [-0.15, -0.1) is 0 Å². The first-order chi connectivity index (χ1) is 15.3. The molecule has 1 saturated carbocycles. The standard InChI is InChI=1S/C16H22N2OS.C8H14.2C2H6/c1-6-11-17-16(19)15-9-7-14(8-10-15)12(2)20-13(3)18(4)5;1-8-6-4-2-3-5-7-8;2*1-2/h7-10H,2-3,6,11H2,1,4-5H3,(H,17,19);1-7H2;2*1-2H3. The lowest BCUT2D eigenvalue weighted by molar-refractivity contribution is 0.0953. The molecule has 1 aromatic rings. The van der Waals surface area contributed by atoms with Gasteiger partial charge in [-0.25, -0.2) is 0 Å². The lowest BCUT2D eigenvalue weighted by Crippen LogP contribution is -2.23. The Bertz CT molecular complexity index is 653. The minimum Gasteiger partial charge on any atom is -0.373 e. The van der Waals surface area contributed by atoms with Gasteiger partial charge in [-0.3, -0.25) is 4.79 Å². The van der Waals surface area contributed by atoms with Gasteiger partial charge >= 0.3 is 0 Å². The number of amides is 1. The van der Waals surface area contributed by atoms with E-state index in [9.17, 15) is 4.79 Å². The summed E-state index contributed by atoms with van der Waals surface area (Å²) in [4.78, 5) is 14.7. The van der Waals surface area contributed by atoms with E-state index in [4.69, 9.17) is 0 Å². The highest BCUT2D eigenvalue weighted by Crippen LogP contribution is 2.31. The van der Waals surface area contributed by atoms with E-state index in [0.29, 0.717) is 12.1 Å². The Morgan fingerprint density at radius 3 is 1.84 bits per heavy atom. The largest absolute Gasteiger partial charge is 0.373 e. The Morgan fingerprint density at radius 2 is 1.41 bits per heavy atom. The number of hydrogen-bond donors (Lipinski definition) is 1. The van der Waals surface area contributed by atoms with Gasteiger partial charge < -0.3 is 10.2 Å². The molecule has 0 atom stereocenters. The molecule has 1 amide bonds. The Kier molecular flexibility index (Phi) is 21.1. The Labute approximate surface area is 203 Å². The average Bonchev–Trinajstić information content (AvgIpc) is 3.07. The molecule has 1 aliphatic carbocycles. The number of carbonyl (C=O) groups is 1. The van der Waals surface area contributed by atoms with Crippen molar-refractivity contribution >= 4 is 22.6 Å². The number of nitrogens with one attached hydrogen (secondary N) is 1. The third-order valence-corrected chi connectivity index (χ3v) is 5.64. The van der Waals surface area contributed by atoms with Crippen molar-refractivity contribution in [3.05, 3.63) is 65.7 Å². The molecule has 0 radical (unpaired) electrons. The SMILES string of the molecule is C=C(SC(=C)N(C)C)c1ccc(C(=O)NCCC)cc1.C=C1CCCCCC1.CC.CC. The lowest BCUT2D eigenvalue weighted by Gasteiger charge is -2.16. The van der Waals surface area contributed by atoms with Crippen molar-refractivity contribution in [3.8, 4) is 0 Å². The third kappa shape index (κ3) is 15.0. The second kappa shape index (κ2) is 20.9. The van der Waals surface area contributed by atoms with Crippen LogP contribution in [0, 0.1) is 0 Å². The summed E-state index contributed by atoms with van der Waals surface area (Å²) in [5.74, 6) is -0.0330. The van der Waals surface area contributed by atoms with E-state index < -0.39 is 0 Å². The molecule has 1 N–H and O–H groups in total. The summed E-state index contributed by atoms with van der Waals surface area (Å²) in [5, 5.41) is 3.79. The van der Waals surface area contributed by atoms with Gasteiger partial charge in [0.1, 0.15) is 0 Å². The van der Waals surface area contributed by atoms with Gasteiger partial charge in [0.05, 0.1) is 5.03 Å². The summed E-state index contributed by atoms with van der Waals surface area (Å²) in [6, 6.07) is 7.48. The van der Waals surface area contributed by atoms with Crippen molar-refractivity contribution in [2.75, 3.05) is 20.6 Å². The van der Waals surface area contributed by atoms with Crippen LogP contribution in [0.25, 0.3) is 4.91 Å². The number of carbonyl (C=O) groups excluding carboxylic acids is 1. The van der Waals surface area contributed by atoms with Crippen LogP contribution in [-0.2, 0) is 0 Å². The van der Waals surface area contributed by atoms with Gasteiger partial charge in [-0.1, -0.05) is 96.7 Å². The molecule has 0 heterocycles. The third-order valence-electron chi connectivity index (χ3n) is 4.56.